The number of amidine groups is 1. The molecule has 0 amide bonds. The van der Waals surface area contributed by atoms with Gasteiger partial charge in [0, 0.05) is 4.88 Å². The molecule has 4 nitrogen and oxygen atoms in total. The van der Waals surface area contributed by atoms with Crippen molar-refractivity contribution in [2.45, 2.75) is 58.9 Å². The van der Waals surface area contributed by atoms with Crippen molar-refractivity contribution in [2.24, 2.45) is 10.9 Å². The largest absolute Gasteiger partial charge is 0.412 e. The van der Waals surface area contributed by atoms with Gasteiger partial charge in [0.2, 0.25) is 0 Å². The zero-order chi connectivity index (χ0) is 15.6. The summed E-state index contributed by atoms with van der Waals surface area (Å²) in [6, 6.07) is 2.10. The van der Waals surface area contributed by atoms with Crippen molar-refractivity contribution in [1.29, 1.82) is 0 Å². The molecule has 0 aliphatic heterocycles. The summed E-state index contributed by atoms with van der Waals surface area (Å²) in [5.74, 6) is 0.186. The fraction of sp³-hybridized carbons (Fsp3) is 0.643. The van der Waals surface area contributed by atoms with Gasteiger partial charge < -0.3 is 15.4 Å². The van der Waals surface area contributed by atoms with E-state index in [0.717, 1.165) is 21.7 Å². The van der Waals surface area contributed by atoms with Crippen LogP contribution in [-0.4, -0.2) is 19.4 Å². The van der Waals surface area contributed by atoms with E-state index in [2.05, 4.69) is 52.0 Å². The predicted octanol–water partition coefficient (Wildman–Crippen LogP) is 3.93. The molecule has 0 aliphatic carbocycles. The average Bonchev–Trinajstić information content (AvgIpc) is 2.77. The molecule has 1 rings (SSSR count). The minimum absolute atomic E-state index is 0.186. The van der Waals surface area contributed by atoms with E-state index < -0.39 is 8.32 Å². The molecule has 0 spiro atoms. The topological polar surface area (TPSA) is 67.8 Å². The van der Waals surface area contributed by atoms with Crippen LogP contribution in [0, 0.1) is 0 Å². The van der Waals surface area contributed by atoms with Crippen molar-refractivity contribution in [2.75, 3.05) is 0 Å². The lowest BCUT2D eigenvalue weighted by Gasteiger charge is -2.36. The molecule has 0 atom stereocenters. The summed E-state index contributed by atoms with van der Waals surface area (Å²) in [7, 11) is -1.75. The molecule has 20 heavy (non-hydrogen) atoms. The second-order valence-corrected chi connectivity index (χ2v) is 12.4. The summed E-state index contributed by atoms with van der Waals surface area (Å²) in [5.41, 5.74) is 6.82. The van der Waals surface area contributed by atoms with Gasteiger partial charge in [-0.3, -0.25) is 0 Å². The molecule has 1 heterocycles. The van der Waals surface area contributed by atoms with E-state index in [1.165, 1.54) is 0 Å². The van der Waals surface area contributed by atoms with Gasteiger partial charge in [-0.25, -0.2) is 0 Å². The molecular formula is C14H26N2O2SSi. The van der Waals surface area contributed by atoms with Crippen LogP contribution in [0.2, 0.25) is 18.1 Å². The van der Waals surface area contributed by atoms with Crippen molar-refractivity contribution in [1.82, 2.24) is 0 Å². The Hall–Kier alpha value is -0.853. The molecule has 0 unspecified atom stereocenters. The van der Waals surface area contributed by atoms with E-state index in [1.807, 2.05) is 0 Å². The highest BCUT2D eigenvalue weighted by atomic mass is 32.1. The van der Waals surface area contributed by atoms with Gasteiger partial charge in [-0.1, -0.05) is 32.9 Å². The standard InChI is InChI=1S/C14H26N2O2SSi/c1-7-10-8-11(19-12(10)13(15)16-17)9-18-20(5,6)14(2,3)4/h8,17H,7,9H2,1-6H3,(H2,15,16). The van der Waals surface area contributed by atoms with E-state index in [-0.39, 0.29) is 10.9 Å². The fourth-order valence-corrected chi connectivity index (χ4v) is 3.66. The zero-order valence-electron chi connectivity index (χ0n) is 13.3. The third kappa shape index (κ3) is 3.83. The number of rotatable bonds is 5. The highest BCUT2D eigenvalue weighted by molar-refractivity contribution is 7.14. The lowest BCUT2D eigenvalue weighted by Crippen LogP contribution is -2.40. The molecule has 0 radical (unpaired) electrons. The van der Waals surface area contributed by atoms with E-state index in [9.17, 15) is 0 Å². The maximum absolute atomic E-state index is 8.83. The summed E-state index contributed by atoms with van der Waals surface area (Å²) in [6.45, 7) is 13.8. The zero-order valence-corrected chi connectivity index (χ0v) is 15.1. The Balaban J connectivity index is 2.88. The third-order valence-electron chi connectivity index (χ3n) is 3.96. The van der Waals surface area contributed by atoms with E-state index in [1.54, 1.807) is 11.3 Å². The van der Waals surface area contributed by atoms with Gasteiger partial charge in [0.15, 0.2) is 14.2 Å². The minimum Gasteiger partial charge on any atom is -0.412 e. The van der Waals surface area contributed by atoms with E-state index >= 15 is 0 Å². The molecule has 0 bridgehead atoms. The quantitative estimate of drug-likeness (QED) is 0.284. The molecule has 0 aromatic carbocycles. The van der Waals surface area contributed by atoms with Crippen LogP contribution in [0.3, 0.4) is 0 Å². The van der Waals surface area contributed by atoms with Gasteiger partial charge in [0.1, 0.15) is 0 Å². The normalized spacial score (nSPS) is 13.8. The summed E-state index contributed by atoms with van der Waals surface area (Å²) in [6.07, 6.45) is 0.863. The molecular weight excluding hydrogens is 288 g/mol. The van der Waals surface area contributed by atoms with Crippen molar-refractivity contribution in [3.63, 3.8) is 0 Å². The second kappa shape index (κ2) is 6.28. The van der Waals surface area contributed by atoms with Crippen LogP contribution in [0.25, 0.3) is 0 Å². The Bertz CT molecular complexity index is 490. The van der Waals surface area contributed by atoms with Crippen LogP contribution >= 0.6 is 11.3 Å². The molecule has 0 fully saturated rings. The summed E-state index contributed by atoms with van der Waals surface area (Å²) in [5, 5.41) is 12.1. The number of hydrogen-bond acceptors (Lipinski definition) is 4. The van der Waals surface area contributed by atoms with Crippen molar-refractivity contribution < 1.29 is 9.63 Å². The summed E-state index contributed by atoms with van der Waals surface area (Å²) in [4.78, 5) is 1.98. The lowest BCUT2D eigenvalue weighted by molar-refractivity contribution is 0.279. The molecule has 0 saturated heterocycles. The molecule has 3 N–H and O–H groups in total. The molecule has 0 aliphatic rings. The monoisotopic (exact) mass is 314 g/mol. The molecule has 1 aromatic heterocycles. The van der Waals surface area contributed by atoms with E-state index in [0.29, 0.717) is 6.61 Å². The Morgan fingerprint density at radius 2 is 2.05 bits per heavy atom. The van der Waals surface area contributed by atoms with Gasteiger partial charge >= 0.3 is 0 Å². The first kappa shape index (κ1) is 17.2. The van der Waals surface area contributed by atoms with Gasteiger partial charge in [0.05, 0.1) is 11.5 Å². The first-order valence-electron chi connectivity index (χ1n) is 6.85. The number of oxime groups is 1. The van der Waals surface area contributed by atoms with Gasteiger partial charge in [-0.05, 0) is 36.2 Å². The highest BCUT2D eigenvalue weighted by Crippen LogP contribution is 2.37. The maximum atomic E-state index is 8.83. The number of aryl methyl sites for hydroxylation is 1. The van der Waals surface area contributed by atoms with E-state index in [4.69, 9.17) is 15.4 Å². The van der Waals surface area contributed by atoms with Crippen LogP contribution < -0.4 is 5.73 Å². The SMILES string of the molecule is CCc1cc(CO[Si](C)(C)C(C)(C)C)sc1/C(N)=N/O. The van der Waals surface area contributed by atoms with Crippen LogP contribution in [0.15, 0.2) is 11.2 Å². The minimum atomic E-state index is -1.75. The fourth-order valence-electron chi connectivity index (χ4n) is 1.55. The lowest BCUT2D eigenvalue weighted by atomic mass is 10.2. The van der Waals surface area contributed by atoms with Gasteiger partial charge in [-0.2, -0.15) is 0 Å². The highest BCUT2D eigenvalue weighted by Gasteiger charge is 2.37. The van der Waals surface area contributed by atoms with Crippen LogP contribution in [0.1, 0.15) is 43.0 Å². The average molecular weight is 315 g/mol. The van der Waals surface area contributed by atoms with Crippen molar-refractivity contribution in [3.05, 3.63) is 21.4 Å². The van der Waals surface area contributed by atoms with Crippen molar-refractivity contribution >= 4 is 25.5 Å². The number of hydrogen-bond donors (Lipinski definition) is 2. The number of nitrogens with zero attached hydrogens (tertiary/aromatic N) is 1. The number of nitrogens with two attached hydrogens (primary N) is 1. The Kier molecular flexibility index (Phi) is 5.40. The summed E-state index contributed by atoms with van der Waals surface area (Å²) < 4.78 is 6.21. The van der Waals surface area contributed by atoms with Crippen LogP contribution in [0.5, 0.6) is 0 Å². The first-order chi connectivity index (χ1) is 9.12. The molecule has 0 saturated carbocycles. The Morgan fingerprint density at radius 3 is 2.50 bits per heavy atom. The Morgan fingerprint density at radius 1 is 1.45 bits per heavy atom. The second-order valence-electron chi connectivity index (χ2n) is 6.45. The molecule has 1 aromatic rings. The summed E-state index contributed by atoms with van der Waals surface area (Å²) >= 11 is 1.55. The number of thiophene rings is 1. The predicted molar refractivity (Wildman–Crippen MR) is 88.2 cm³/mol. The smallest absolute Gasteiger partial charge is 0.192 e. The molecule has 6 heteroatoms. The molecule has 114 valence electrons. The Labute approximate surface area is 126 Å². The van der Waals surface area contributed by atoms with Gasteiger partial charge in [-0.15, -0.1) is 11.3 Å². The van der Waals surface area contributed by atoms with Crippen LogP contribution in [-0.2, 0) is 17.5 Å². The first-order valence-corrected chi connectivity index (χ1v) is 10.6. The van der Waals surface area contributed by atoms with Gasteiger partial charge in [0.25, 0.3) is 0 Å². The third-order valence-corrected chi connectivity index (χ3v) is 9.61. The van der Waals surface area contributed by atoms with Crippen molar-refractivity contribution in [3.8, 4) is 0 Å². The maximum Gasteiger partial charge on any atom is 0.192 e. The van der Waals surface area contributed by atoms with Crippen LogP contribution in [0.4, 0.5) is 0 Å².